The number of amides is 1. The Morgan fingerprint density at radius 1 is 1.24 bits per heavy atom. The monoisotopic (exact) mass is 308 g/mol. The van der Waals surface area contributed by atoms with Gasteiger partial charge in [-0.2, -0.15) is 0 Å². The summed E-state index contributed by atoms with van der Waals surface area (Å²) < 4.78 is 0. The molecule has 116 valence electrons. The predicted octanol–water partition coefficient (Wildman–Crippen LogP) is 3.57. The topological polar surface area (TPSA) is 32.3 Å². The van der Waals surface area contributed by atoms with E-state index >= 15 is 0 Å². The van der Waals surface area contributed by atoms with Gasteiger partial charge in [-0.15, -0.1) is 11.6 Å². The van der Waals surface area contributed by atoms with Crippen LogP contribution in [-0.4, -0.2) is 30.9 Å². The van der Waals surface area contributed by atoms with Crippen molar-refractivity contribution in [3.63, 3.8) is 0 Å². The van der Waals surface area contributed by atoms with Crippen LogP contribution >= 0.6 is 11.6 Å². The maximum Gasteiger partial charge on any atom is 0.228 e. The second-order valence-electron chi connectivity index (χ2n) is 5.64. The summed E-state index contributed by atoms with van der Waals surface area (Å²) in [6.45, 7) is 0. The second-order valence-corrected chi connectivity index (χ2v) is 6.02. The summed E-state index contributed by atoms with van der Waals surface area (Å²) in [5.41, 5.74) is 0.986. The van der Waals surface area contributed by atoms with Crippen molar-refractivity contribution in [3.05, 3.63) is 30.3 Å². The molecule has 0 spiro atoms. The number of hydrogen-bond donors (Lipinski definition) is 1. The average Bonchev–Trinajstić information content (AvgIpc) is 2.74. The lowest BCUT2D eigenvalue weighted by atomic mass is 10.00. The Kier molecular flexibility index (Phi) is 6.52. The molecule has 1 aromatic rings. The van der Waals surface area contributed by atoms with Gasteiger partial charge in [0.15, 0.2) is 0 Å². The lowest BCUT2D eigenvalue weighted by Crippen LogP contribution is -2.51. The molecule has 2 unspecified atom stereocenters. The summed E-state index contributed by atoms with van der Waals surface area (Å²) in [6, 6.07) is 10.6. The van der Waals surface area contributed by atoms with Crippen LogP contribution in [0, 0.1) is 0 Å². The second kappa shape index (κ2) is 8.40. The minimum absolute atomic E-state index is 0.128. The van der Waals surface area contributed by atoms with E-state index in [1.165, 1.54) is 19.3 Å². The number of carbonyl (C=O) groups is 1. The van der Waals surface area contributed by atoms with Crippen LogP contribution in [0.3, 0.4) is 0 Å². The molecule has 1 saturated carbocycles. The first-order valence-corrected chi connectivity index (χ1v) is 8.41. The third kappa shape index (κ3) is 4.21. The molecule has 2 atom stereocenters. The highest BCUT2D eigenvalue weighted by molar-refractivity contribution is 6.19. The van der Waals surface area contributed by atoms with E-state index in [1.807, 2.05) is 42.3 Å². The van der Waals surface area contributed by atoms with E-state index in [-0.39, 0.29) is 11.9 Å². The standard InChI is InChI=1S/C17H25ClN2O/c1-19-15-10-6-3-7-11-16(15)20(17(21)12-13-18)14-8-4-2-5-9-14/h2,4-5,8-9,15-16,19H,3,6-7,10-13H2,1H3. The Hall–Kier alpha value is -1.06. The number of benzene rings is 1. The summed E-state index contributed by atoms with van der Waals surface area (Å²) in [5.74, 6) is 0.502. The van der Waals surface area contributed by atoms with Gasteiger partial charge in [-0.25, -0.2) is 0 Å². The number of rotatable bonds is 5. The van der Waals surface area contributed by atoms with Crippen molar-refractivity contribution in [3.8, 4) is 0 Å². The number of nitrogens with zero attached hydrogens (tertiary/aromatic N) is 1. The van der Waals surface area contributed by atoms with E-state index in [4.69, 9.17) is 11.6 Å². The number of nitrogens with one attached hydrogen (secondary N) is 1. The summed E-state index contributed by atoms with van der Waals surface area (Å²) in [6.07, 6.45) is 6.23. The van der Waals surface area contributed by atoms with Crippen LogP contribution in [0.4, 0.5) is 5.69 Å². The summed E-state index contributed by atoms with van der Waals surface area (Å²) in [7, 11) is 2.00. The molecule has 1 fully saturated rings. The van der Waals surface area contributed by atoms with Gasteiger partial charge in [0.1, 0.15) is 0 Å². The van der Waals surface area contributed by atoms with Crippen molar-refractivity contribution in [1.29, 1.82) is 0 Å². The van der Waals surface area contributed by atoms with Crippen molar-refractivity contribution in [2.45, 2.75) is 50.6 Å². The van der Waals surface area contributed by atoms with E-state index in [1.54, 1.807) is 0 Å². The Balaban J connectivity index is 2.30. The molecule has 4 heteroatoms. The van der Waals surface area contributed by atoms with E-state index in [2.05, 4.69) is 5.32 Å². The fourth-order valence-corrected chi connectivity index (χ4v) is 3.41. The highest BCUT2D eigenvalue weighted by Crippen LogP contribution is 2.27. The Labute approximate surface area is 132 Å². The largest absolute Gasteiger partial charge is 0.315 e. The van der Waals surface area contributed by atoms with E-state index in [0.717, 1.165) is 18.5 Å². The number of likely N-dealkylation sites (N-methyl/N-ethyl adjacent to an activating group) is 1. The Morgan fingerprint density at radius 3 is 2.62 bits per heavy atom. The van der Waals surface area contributed by atoms with Crippen LogP contribution in [0.15, 0.2) is 30.3 Å². The van der Waals surface area contributed by atoms with Gasteiger partial charge in [0.05, 0.1) is 6.04 Å². The van der Waals surface area contributed by atoms with Crippen molar-refractivity contribution in [2.75, 3.05) is 17.8 Å². The summed E-state index contributed by atoms with van der Waals surface area (Å²) in [4.78, 5) is 14.6. The van der Waals surface area contributed by atoms with E-state index < -0.39 is 0 Å². The van der Waals surface area contributed by atoms with Gasteiger partial charge >= 0.3 is 0 Å². The molecule has 2 rings (SSSR count). The quantitative estimate of drug-likeness (QED) is 0.666. The van der Waals surface area contributed by atoms with E-state index in [0.29, 0.717) is 18.3 Å². The fraction of sp³-hybridized carbons (Fsp3) is 0.588. The van der Waals surface area contributed by atoms with Crippen LogP contribution in [0.2, 0.25) is 0 Å². The number of hydrogen-bond acceptors (Lipinski definition) is 2. The van der Waals surface area contributed by atoms with Crippen molar-refractivity contribution >= 4 is 23.2 Å². The zero-order valence-corrected chi connectivity index (χ0v) is 13.5. The molecule has 1 aliphatic rings. The van der Waals surface area contributed by atoms with Crippen molar-refractivity contribution < 1.29 is 4.79 Å². The number of alkyl halides is 1. The minimum Gasteiger partial charge on any atom is -0.315 e. The molecule has 1 N–H and O–H groups in total. The molecule has 0 aromatic heterocycles. The number of carbonyl (C=O) groups excluding carboxylic acids is 1. The molecule has 0 bridgehead atoms. The third-order valence-corrected chi connectivity index (χ3v) is 4.48. The van der Waals surface area contributed by atoms with Gasteiger partial charge < -0.3 is 10.2 Å². The molecule has 1 amide bonds. The SMILES string of the molecule is CNC1CCCCCC1N(C(=O)CCCl)c1ccccc1. The molecular formula is C17H25ClN2O. The Morgan fingerprint density at radius 2 is 1.95 bits per heavy atom. The summed E-state index contributed by atoms with van der Waals surface area (Å²) in [5, 5.41) is 3.41. The van der Waals surface area contributed by atoms with Crippen LogP contribution in [0.25, 0.3) is 0 Å². The smallest absolute Gasteiger partial charge is 0.228 e. The highest BCUT2D eigenvalue weighted by Gasteiger charge is 2.31. The van der Waals surface area contributed by atoms with Gasteiger partial charge in [-0.05, 0) is 32.0 Å². The normalized spacial score (nSPS) is 22.6. The van der Waals surface area contributed by atoms with Gasteiger partial charge in [-0.1, -0.05) is 37.5 Å². The van der Waals surface area contributed by atoms with E-state index in [9.17, 15) is 4.79 Å². The third-order valence-electron chi connectivity index (χ3n) is 4.29. The van der Waals surface area contributed by atoms with Crippen LogP contribution < -0.4 is 10.2 Å². The lowest BCUT2D eigenvalue weighted by molar-refractivity contribution is -0.118. The molecule has 1 aliphatic carbocycles. The van der Waals surface area contributed by atoms with Gasteiger partial charge in [0, 0.05) is 24.0 Å². The van der Waals surface area contributed by atoms with Gasteiger partial charge in [0.2, 0.25) is 5.91 Å². The van der Waals surface area contributed by atoms with Crippen molar-refractivity contribution in [2.24, 2.45) is 0 Å². The first kappa shape index (κ1) is 16.3. The number of para-hydroxylation sites is 1. The molecule has 21 heavy (non-hydrogen) atoms. The van der Waals surface area contributed by atoms with Gasteiger partial charge in [-0.3, -0.25) is 4.79 Å². The number of anilines is 1. The predicted molar refractivity (Wildman–Crippen MR) is 89.0 cm³/mol. The zero-order chi connectivity index (χ0) is 15.1. The summed E-state index contributed by atoms with van der Waals surface area (Å²) >= 11 is 5.81. The van der Waals surface area contributed by atoms with Crippen LogP contribution in [0.1, 0.15) is 38.5 Å². The molecule has 3 nitrogen and oxygen atoms in total. The lowest BCUT2D eigenvalue weighted by Gasteiger charge is -2.36. The molecule has 0 saturated heterocycles. The average molecular weight is 309 g/mol. The fourth-order valence-electron chi connectivity index (χ4n) is 3.24. The van der Waals surface area contributed by atoms with Crippen LogP contribution in [0.5, 0.6) is 0 Å². The van der Waals surface area contributed by atoms with Gasteiger partial charge in [0.25, 0.3) is 0 Å². The molecule has 0 aliphatic heterocycles. The first-order chi connectivity index (χ1) is 10.3. The highest BCUT2D eigenvalue weighted by atomic mass is 35.5. The van der Waals surface area contributed by atoms with Crippen LogP contribution in [-0.2, 0) is 4.79 Å². The molecule has 0 radical (unpaired) electrons. The number of halogens is 1. The maximum absolute atomic E-state index is 12.6. The molecular weight excluding hydrogens is 284 g/mol. The maximum atomic E-state index is 12.6. The molecule has 0 heterocycles. The zero-order valence-electron chi connectivity index (χ0n) is 12.7. The first-order valence-electron chi connectivity index (χ1n) is 7.88. The minimum atomic E-state index is 0.128. The Bertz CT molecular complexity index is 438. The van der Waals surface area contributed by atoms with Crippen molar-refractivity contribution in [1.82, 2.24) is 5.32 Å². The molecule has 1 aromatic carbocycles.